The van der Waals surface area contributed by atoms with Crippen LogP contribution in [-0.4, -0.2) is 22.6 Å². The standard InChI is InChI=1S/C13H18N2O2/c1-8(2)5-12-10-6-14-4-3-9(10)11(7-15-12)13(16)17/h7-8,14H,3-6H2,1-2H3,(H,16,17). The van der Waals surface area contributed by atoms with Gasteiger partial charge in [0.2, 0.25) is 0 Å². The molecule has 2 heterocycles. The molecule has 4 nitrogen and oxygen atoms in total. The van der Waals surface area contributed by atoms with Crippen LogP contribution in [0.5, 0.6) is 0 Å². The van der Waals surface area contributed by atoms with E-state index in [1.165, 1.54) is 6.20 Å². The molecule has 0 fully saturated rings. The van der Waals surface area contributed by atoms with Crippen molar-refractivity contribution in [2.75, 3.05) is 6.54 Å². The van der Waals surface area contributed by atoms with E-state index in [2.05, 4.69) is 24.1 Å². The average molecular weight is 234 g/mol. The fraction of sp³-hybridized carbons (Fsp3) is 0.538. The van der Waals surface area contributed by atoms with Crippen molar-refractivity contribution in [2.24, 2.45) is 5.92 Å². The molecule has 1 aliphatic rings. The van der Waals surface area contributed by atoms with Crippen LogP contribution in [0.15, 0.2) is 6.20 Å². The number of aromatic nitrogens is 1. The third-order valence-corrected chi connectivity index (χ3v) is 3.07. The Kier molecular flexibility index (Phi) is 3.43. The van der Waals surface area contributed by atoms with Crippen molar-refractivity contribution in [3.63, 3.8) is 0 Å². The van der Waals surface area contributed by atoms with E-state index in [-0.39, 0.29) is 0 Å². The molecule has 2 rings (SSSR count). The molecule has 1 aromatic rings. The third-order valence-electron chi connectivity index (χ3n) is 3.07. The highest BCUT2D eigenvalue weighted by molar-refractivity contribution is 5.89. The van der Waals surface area contributed by atoms with Gasteiger partial charge in [0.1, 0.15) is 0 Å². The molecule has 0 aliphatic carbocycles. The maximum absolute atomic E-state index is 11.1. The minimum atomic E-state index is -0.869. The fourth-order valence-corrected chi connectivity index (χ4v) is 2.30. The summed E-state index contributed by atoms with van der Waals surface area (Å²) in [6.07, 6.45) is 3.21. The summed E-state index contributed by atoms with van der Waals surface area (Å²) in [5, 5.41) is 12.4. The highest BCUT2D eigenvalue weighted by Crippen LogP contribution is 2.22. The number of carboxylic acid groups (broad SMARTS) is 1. The van der Waals surface area contributed by atoms with Crippen LogP contribution in [-0.2, 0) is 19.4 Å². The monoisotopic (exact) mass is 234 g/mol. The number of rotatable bonds is 3. The van der Waals surface area contributed by atoms with Gasteiger partial charge >= 0.3 is 5.97 Å². The van der Waals surface area contributed by atoms with Crippen LogP contribution in [0.3, 0.4) is 0 Å². The molecule has 1 aromatic heterocycles. The van der Waals surface area contributed by atoms with Crippen molar-refractivity contribution >= 4 is 5.97 Å². The van der Waals surface area contributed by atoms with E-state index in [0.29, 0.717) is 11.5 Å². The lowest BCUT2D eigenvalue weighted by molar-refractivity contribution is 0.0695. The predicted octanol–water partition coefficient (Wildman–Crippen LogP) is 1.62. The van der Waals surface area contributed by atoms with Gasteiger partial charge in [-0.25, -0.2) is 4.79 Å². The van der Waals surface area contributed by atoms with Gasteiger partial charge in [0.15, 0.2) is 0 Å². The van der Waals surface area contributed by atoms with Crippen molar-refractivity contribution in [1.82, 2.24) is 10.3 Å². The minimum Gasteiger partial charge on any atom is -0.478 e. The number of carbonyl (C=O) groups is 1. The topological polar surface area (TPSA) is 62.2 Å². The van der Waals surface area contributed by atoms with Crippen LogP contribution in [0.4, 0.5) is 0 Å². The van der Waals surface area contributed by atoms with Crippen LogP contribution >= 0.6 is 0 Å². The molecule has 0 aromatic carbocycles. The number of hydrogen-bond acceptors (Lipinski definition) is 3. The summed E-state index contributed by atoms with van der Waals surface area (Å²) in [7, 11) is 0. The predicted molar refractivity (Wildman–Crippen MR) is 65.1 cm³/mol. The summed E-state index contributed by atoms with van der Waals surface area (Å²) < 4.78 is 0. The summed E-state index contributed by atoms with van der Waals surface area (Å²) in [5.74, 6) is -0.337. The molecule has 0 radical (unpaired) electrons. The second kappa shape index (κ2) is 4.84. The van der Waals surface area contributed by atoms with Crippen LogP contribution in [0.2, 0.25) is 0 Å². The van der Waals surface area contributed by atoms with E-state index in [1.807, 2.05) is 0 Å². The minimum absolute atomic E-state index is 0.369. The van der Waals surface area contributed by atoms with Crippen molar-refractivity contribution in [3.8, 4) is 0 Å². The molecule has 0 saturated heterocycles. The number of hydrogen-bond donors (Lipinski definition) is 2. The van der Waals surface area contributed by atoms with Crippen LogP contribution in [0.1, 0.15) is 41.0 Å². The van der Waals surface area contributed by atoms with Crippen LogP contribution in [0.25, 0.3) is 0 Å². The average Bonchev–Trinajstić information content (AvgIpc) is 2.28. The van der Waals surface area contributed by atoms with E-state index in [0.717, 1.165) is 42.8 Å². The molecule has 92 valence electrons. The Balaban J connectivity index is 2.47. The lowest BCUT2D eigenvalue weighted by atomic mass is 9.92. The first-order chi connectivity index (χ1) is 8.09. The third kappa shape index (κ3) is 2.47. The molecule has 0 atom stereocenters. The molecule has 4 heteroatoms. The maximum atomic E-state index is 11.1. The lowest BCUT2D eigenvalue weighted by Crippen LogP contribution is -2.27. The molecule has 0 saturated carbocycles. The Labute approximate surface area is 101 Å². The maximum Gasteiger partial charge on any atom is 0.337 e. The normalized spacial score (nSPS) is 14.8. The number of fused-ring (bicyclic) bond motifs is 1. The SMILES string of the molecule is CC(C)Cc1ncc(C(=O)O)c2c1CNCC2. The summed E-state index contributed by atoms with van der Waals surface area (Å²) in [6, 6.07) is 0. The van der Waals surface area contributed by atoms with Gasteiger partial charge in [-0.1, -0.05) is 13.8 Å². The van der Waals surface area contributed by atoms with Crippen molar-refractivity contribution < 1.29 is 9.90 Å². The zero-order valence-electron chi connectivity index (χ0n) is 10.3. The zero-order valence-corrected chi connectivity index (χ0v) is 10.3. The Morgan fingerprint density at radius 2 is 2.29 bits per heavy atom. The van der Waals surface area contributed by atoms with Crippen LogP contribution in [0, 0.1) is 5.92 Å². The van der Waals surface area contributed by atoms with Gasteiger partial charge in [0, 0.05) is 18.4 Å². The molecular formula is C13H18N2O2. The molecule has 1 aliphatic heterocycles. The number of nitrogens with one attached hydrogen (secondary N) is 1. The van der Waals surface area contributed by atoms with Gasteiger partial charge in [0.25, 0.3) is 0 Å². The van der Waals surface area contributed by atoms with Crippen molar-refractivity contribution in [2.45, 2.75) is 33.2 Å². The molecule has 0 bridgehead atoms. The van der Waals surface area contributed by atoms with E-state index in [4.69, 9.17) is 5.11 Å². The van der Waals surface area contributed by atoms with Gasteiger partial charge in [-0.05, 0) is 36.4 Å². The molecule has 0 unspecified atom stereocenters. The second-order valence-corrected chi connectivity index (χ2v) is 4.91. The summed E-state index contributed by atoms with van der Waals surface area (Å²) in [6.45, 7) is 5.88. The Hall–Kier alpha value is -1.42. The highest BCUT2D eigenvalue weighted by atomic mass is 16.4. The Morgan fingerprint density at radius 1 is 1.53 bits per heavy atom. The number of nitrogens with zero attached hydrogens (tertiary/aromatic N) is 1. The largest absolute Gasteiger partial charge is 0.478 e. The van der Waals surface area contributed by atoms with E-state index in [9.17, 15) is 4.79 Å². The van der Waals surface area contributed by atoms with E-state index < -0.39 is 5.97 Å². The smallest absolute Gasteiger partial charge is 0.337 e. The summed E-state index contributed by atoms with van der Waals surface area (Å²) in [4.78, 5) is 15.5. The van der Waals surface area contributed by atoms with Crippen LogP contribution < -0.4 is 5.32 Å². The van der Waals surface area contributed by atoms with E-state index in [1.54, 1.807) is 0 Å². The first kappa shape index (κ1) is 12.0. The first-order valence-corrected chi connectivity index (χ1v) is 6.03. The number of carboxylic acids is 1. The van der Waals surface area contributed by atoms with E-state index >= 15 is 0 Å². The fourth-order valence-electron chi connectivity index (χ4n) is 2.30. The molecule has 0 spiro atoms. The van der Waals surface area contributed by atoms with Gasteiger partial charge in [-0.3, -0.25) is 4.98 Å². The second-order valence-electron chi connectivity index (χ2n) is 4.91. The lowest BCUT2D eigenvalue weighted by Gasteiger charge is -2.22. The van der Waals surface area contributed by atoms with Crippen molar-refractivity contribution in [3.05, 3.63) is 28.6 Å². The molecule has 17 heavy (non-hydrogen) atoms. The zero-order chi connectivity index (χ0) is 12.4. The number of pyridine rings is 1. The molecular weight excluding hydrogens is 216 g/mol. The van der Waals surface area contributed by atoms with Gasteiger partial charge in [0.05, 0.1) is 5.56 Å². The summed E-state index contributed by atoms with van der Waals surface area (Å²) >= 11 is 0. The molecule has 2 N–H and O–H groups in total. The van der Waals surface area contributed by atoms with Gasteiger partial charge in [-0.15, -0.1) is 0 Å². The highest BCUT2D eigenvalue weighted by Gasteiger charge is 2.21. The van der Waals surface area contributed by atoms with Gasteiger partial charge < -0.3 is 10.4 Å². The van der Waals surface area contributed by atoms with Crippen molar-refractivity contribution in [1.29, 1.82) is 0 Å². The first-order valence-electron chi connectivity index (χ1n) is 6.03. The Morgan fingerprint density at radius 3 is 2.94 bits per heavy atom. The Bertz CT molecular complexity index is 441. The van der Waals surface area contributed by atoms with Gasteiger partial charge in [-0.2, -0.15) is 0 Å². The number of aromatic carboxylic acids is 1. The quantitative estimate of drug-likeness (QED) is 0.834. The molecule has 0 amide bonds. The summed E-state index contributed by atoms with van der Waals surface area (Å²) in [5.41, 5.74) is 3.49.